The number of hydrogen-bond acceptors (Lipinski definition) is 4. The third kappa shape index (κ3) is 2.75. The molecule has 1 N–H and O–H groups in total. The van der Waals surface area contributed by atoms with Gasteiger partial charge in [0, 0.05) is 9.85 Å². The minimum atomic E-state index is 0.787. The summed E-state index contributed by atoms with van der Waals surface area (Å²) < 4.78 is 7.08. The average Bonchev–Trinajstić information content (AvgIpc) is 2.64. The molecule has 0 bridgehead atoms. The zero-order chi connectivity index (χ0) is 11.5. The van der Waals surface area contributed by atoms with Crippen LogP contribution < -0.4 is 10.1 Å². The molecule has 0 amide bonds. The van der Waals surface area contributed by atoms with Gasteiger partial charge in [0.15, 0.2) is 5.13 Å². The van der Waals surface area contributed by atoms with Crippen LogP contribution in [0.4, 0.5) is 10.8 Å². The van der Waals surface area contributed by atoms with Crippen LogP contribution in [0.5, 0.6) is 5.75 Å². The van der Waals surface area contributed by atoms with Crippen molar-refractivity contribution in [3.8, 4) is 5.75 Å². The molecular formula is C10H8Br2N2OS. The fourth-order valence-corrected chi connectivity index (χ4v) is 2.72. The first-order valence-electron chi connectivity index (χ1n) is 4.40. The Hall–Kier alpha value is -0.590. The number of anilines is 2. The smallest absolute Gasteiger partial charge is 0.188 e. The highest BCUT2D eigenvalue weighted by Crippen LogP contribution is 2.32. The van der Waals surface area contributed by atoms with Gasteiger partial charge in [-0.25, -0.2) is 4.98 Å². The summed E-state index contributed by atoms with van der Waals surface area (Å²) in [5, 5.41) is 5.95. The summed E-state index contributed by atoms with van der Waals surface area (Å²) in [5.41, 5.74) is 0.888. The molecule has 1 aromatic heterocycles. The third-order valence-corrected chi connectivity index (χ3v) is 3.84. The van der Waals surface area contributed by atoms with Gasteiger partial charge in [0.25, 0.3) is 0 Å². The summed E-state index contributed by atoms with van der Waals surface area (Å²) in [4.78, 5) is 4.26. The highest BCUT2D eigenvalue weighted by atomic mass is 79.9. The first-order valence-corrected chi connectivity index (χ1v) is 6.87. The molecule has 1 aromatic carbocycles. The molecule has 2 rings (SSSR count). The lowest BCUT2D eigenvalue weighted by atomic mass is 10.3. The van der Waals surface area contributed by atoms with Gasteiger partial charge >= 0.3 is 0 Å². The van der Waals surface area contributed by atoms with Gasteiger partial charge in [0.2, 0.25) is 0 Å². The molecule has 0 saturated carbocycles. The van der Waals surface area contributed by atoms with E-state index < -0.39 is 0 Å². The van der Waals surface area contributed by atoms with Crippen molar-refractivity contribution in [3.05, 3.63) is 32.7 Å². The average molecular weight is 364 g/mol. The second-order valence-corrected chi connectivity index (χ2v) is 5.53. The molecule has 2 aromatic rings. The van der Waals surface area contributed by atoms with Gasteiger partial charge < -0.3 is 10.1 Å². The van der Waals surface area contributed by atoms with E-state index in [-0.39, 0.29) is 0 Å². The Morgan fingerprint density at radius 3 is 2.81 bits per heavy atom. The van der Waals surface area contributed by atoms with E-state index in [1.54, 1.807) is 7.11 Å². The van der Waals surface area contributed by atoms with Gasteiger partial charge in [0.1, 0.15) is 10.4 Å². The molecule has 0 spiro atoms. The molecule has 3 nitrogen and oxygen atoms in total. The number of rotatable bonds is 3. The summed E-state index contributed by atoms with van der Waals surface area (Å²) in [5.74, 6) is 0.787. The number of thiazole rings is 1. The van der Waals surface area contributed by atoms with Gasteiger partial charge in [-0.1, -0.05) is 15.9 Å². The van der Waals surface area contributed by atoms with Crippen molar-refractivity contribution >= 4 is 54.0 Å². The van der Waals surface area contributed by atoms with Crippen LogP contribution in [-0.2, 0) is 0 Å². The summed E-state index contributed by atoms with van der Waals surface area (Å²) in [6.07, 6.45) is 0. The number of methoxy groups -OCH3 is 1. The number of ether oxygens (including phenoxy) is 1. The van der Waals surface area contributed by atoms with Crippen molar-refractivity contribution in [2.45, 2.75) is 0 Å². The summed E-state index contributed by atoms with van der Waals surface area (Å²) in [6.45, 7) is 0. The van der Waals surface area contributed by atoms with E-state index in [2.05, 4.69) is 42.2 Å². The van der Waals surface area contributed by atoms with Crippen molar-refractivity contribution in [3.63, 3.8) is 0 Å². The van der Waals surface area contributed by atoms with Crippen molar-refractivity contribution in [2.24, 2.45) is 0 Å². The Morgan fingerprint density at radius 1 is 1.38 bits per heavy atom. The van der Waals surface area contributed by atoms with Crippen LogP contribution in [0.2, 0.25) is 0 Å². The van der Waals surface area contributed by atoms with E-state index >= 15 is 0 Å². The lowest BCUT2D eigenvalue weighted by Crippen LogP contribution is -1.94. The Kier molecular flexibility index (Phi) is 3.83. The van der Waals surface area contributed by atoms with Crippen LogP contribution in [-0.4, -0.2) is 12.1 Å². The number of halogens is 2. The largest absolute Gasteiger partial charge is 0.495 e. The quantitative estimate of drug-likeness (QED) is 0.876. The van der Waals surface area contributed by atoms with Gasteiger partial charge in [-0.3, -0.25) is 0 Å². The lowest BCUT2D eigenvalue weighted by molar-refractivity contribution is 0.417. The molecule has 16 heavy (non-hydrogen) atoms. The van der Waals surface area contributed by atoms with Crippen LogP contribution in [0.15, 0.2) is 32.7 Å². The van der Waals surface area contributed by atoms with Crippen LogP contribution in [0.1, 0.15) is 0 Å². The minimum Gasteiger partial charge on any atom is -0.495 e. The number of hydrogen-bond donors (Lipinski definition) is 1. The number of nitrogens with one attached hydrogen (secondary N) is 1. The van der Waals surface area contributed by atoms with Crippen LogP contribution in [0.25, 0.3) is 0 Å². The molecule has 0 aliphatic rings. The predicted molar refractivity (Wildman–Crippen MR) is 73.8 cm³/mol. The molecule has 84 valence electrons. The van der Waals surface area contributed by atoms with E-state index in [0.29, 0.717) is 0 Å². The normalized spacial score (nSPS) is 10.2. The summed E-state index contributed by atoms with van der Waals surface area (Å²) in [7, 11) is 1.65. The summed E-state index contributed by atoms with van der Waals surface area (Å²) in [6, 6.07) is 5.78. The van der Waals surface area contributed by atoms with Crippen LogP contribution in [0, 0.1) is 0 Å². The Labute approximate surface area is 114 Å². The van der Waals surface area contributed by atoms with Crippen molar-refractivity contribution in [2.75, 3.05) is 12.4 Å². The predicted octanol–water partition coefficient (Wildman–Crippen LogP) is 4.42. The maximum Gasteiger partial charge on any atom is 0.188 e. The molecule has 0 radical (unpaired) electrons. The van der Waals surface area contributed by atoms with Crippen molar-refractivity contribution in [1.29, 1.82) is 0 Å². The molecule has 0 fully saturated rings. The van der Waals surface area contributed by atoms with E-state index in [4.69, 9.17) is 4.74 Å². The molecule has 0 aliphatic heterocycles. The van der Waals surface area contributed by atoms with Gasteiger partial charge in [-0.2, -0.15) is 0 Å². The Balaban J connectivity index is 2.29. The SMILES string of the molecule is COc1ccc(Br)cc1Nc1nc(Br)cs1. The number of aromatic nitrogens is 1. The molecule has 0 aliphatic carbocycles. The van der Waals surface area contributed by atoms with Gasteiger partial charge in [-0.05, 0) is 34.1 Å². The highest BCUT2D eigenvalue weighted by molar-refractivity contribution is 9.10. The molecule has 0 saturated heterocycles. The fraction of sp³-hybridized carbons (Fsp3) is 0.100. The zero-order valence-electron chi connectivity index (χ0n) is 8.33. The highest BCUT2D eigenvalue weighted by Gasteiger charge is 2.06. The first-order chi connectivity index (χ1) is 7.69. The first kappa shape index (κ1) is 11.9. The van der Waals surface area contributed by atoms with E-state index in [1.807, 2.05) is 23.6 Å². The van der Waals surface area contributed by atoms with E-state index in [9.17, 15) is 0 Å². The van der Waals surface area contributed by atoms with E-state index in [0.717, 1.165) is 25.6 Å². The Bertz CT molecular complexity index is 501. The molecule has 0 unspecified atom stereocenters. The standard InChI is InChI=1S/C10H8Br2N2OS/c1-15-8-3-2-6(11)4-7(8)13-10-14-9(12)5-16-10/h2-5H,1H3,(H,13,14). The second-order valence-electron chi connectivity index (χ2n) is 2.94. The summed E-state index contributed by atoms with van der Waals surface area (Å²) >= 11 is 8.27. The molecule has 1 heterocycles. The molecular weight excluding hydrogens is 356 g/mol. The fourth-order valence-electron chi connectivity index (χ4n) is 1.20. The molecule has 0 atom stereocenters. The monoisotopic (exact) mass is 362 g/mol. The van der Waals surface area contributed by atoms with E-state index in [1.165, 1.54) is 11.3 Å². The van der Waals surface area contributed by atoms with Gasteiger partial charge in [-0.15, -0.1) is 11.3 Å². The Morgan fingerprint density at radius 2 is 2.19 bits per heavy atom. The van der Waals surface area contributed by atoms with Crippen molar-refractivity contribution in [1.82, 2.24) is 4.98 Å². The van der Waals surface area contributed by atoms with Gasteiger partial charge in [0.05, 0.1) is 12.8 Å². The maximum absolute atomic E-state index is 5.26. The zero-order valence-corrected chi connectivity index (χ0v) is 12.3. The third-order valence-electron chi connectivity index (χ3n) is 1.88. The minimum absolute atomic E-state index is 0.787. The van der Waals surface area contributed by atoms with Crippen molar-refractivity contribution < 1.29 is 4.74 Å². The topological polar surface area (TPSA) is 34.1 Å². The van der Waals surface area contributed by atoms with Crippen LogP contribution >= 0.6 is 43.2 Å². The maximum atomic E-state index is 5.26. The number of benzene rings is 1. The number of nitrogens with zero attached hydrogens (tertiary/aromatic N) is 1. The second kappa shape index (κ2) is 5.16. The lowest BCUT2D eigenvalue weighted by Gasteiger charge is -2.09. The molecule has 6 heteroatoms. The van der Waals surface area contributed by atoms with Crippen LogP contribution in [0.3, 0.4) is 0 Å².